The molecule has 1 fully saturated rings. The Bertz CT molecular complexity index is 228. The average Bonchev–Trinajstić information content (AvgIpc) is 2.10. The van der Waals surface area contributed by atoms with Crippen molar-refractivity contribution >= 4 is 21.6 Å². The van der Waals surface area contributed by atoms with Crippen LogP contribution >= 0.6 is 0 Å². The maximum Gasteiger partial charge on any atom is 0.0988 e. The molecule has 76 valence electrons. The molecule has 1 saturated heterocycles. The molecule has 0 saturated carbocycles. The summed E-state index contributed by atoms with van der Waals surface area (Å²) in [6, 6.07) is 0. The zero-order valence-corrected chi connectivity index (χ0v) is 9.59. The summed E-state index contributed by atoms with van der Waals surface area (Å²) in [5, 5.41) is 0. The van der Waals surface area contributed by atoms with Crippen LogP contribution in [0.25, 0.3) is 0 Å². The third-order valence-corrected chi connectivity index (χ3v) is 5.64. The van der Waals surface area contributed by atoms with Crippen LogP contribution in [-0.4, -0.2) is 19.9 Å². The summed E-state index contributed by atoms with van der Waals surface area (Å²) in [5.74, 6) is 1.40. The second-order valence-electron chi connectivity index (χ2n) is 3.12. The van der Waals surface area contributed by atoms with Gasteiger partial charge in [-0.3, -0.25) is 8.42 Å². The van der Waals surface area contributed by atoms with Gasteiger partial charge in [0.1, 0.15) is 0 Å². The van der Waals surface area contributed by atoms with Gasteiger partial charge in [0.2, 0.25) is 0 Å². The van der Waals surface area contributed by atoms with E-state index >= 15 is 0 Å². The summed E-state index contributed by atoms with van der Waals surface area (Å²) in [6.07, 6.45) is 5.91. The van der Waals surface area contributed by atoms with Crippen LogP contribution in [0.4, 0.5) is 0 Å². The second kappa shape index (κ2) is 5.70. The van der Waals surface area contributed by atoms with E-state index in [0.717, 1.165) is 25.7 Å². The predicted molar refractivity (Wildman–Crippen MR) is 58.2 cm³/mol. The highest BCUT2D eigenvalue weighted by molar-refractivity contribution is 8.09. The predicted octanol–water partition coefficient (Wildman–Crippen LogP) is 1.92. The van der Waals surface area contributed by atoms with Gasteiger partial charge in [0.15, 0.2) is 0 Å². The molecule has 0 amide bonds. The van der Waals surface area contributed by atoms with Crippen molar-refractivity contribution < 1.29 is 8.42 Å². The lowest BCUT2D eigenvalue weighted by atomic mass is 10.2. The lowest BCUT2D eigenvalue weighted by Gasteiger charge is -2.12. The van der Waals surface area contributed by atoms with Gasteiger partial charge in [-0.2, -0.15) is 0 Å². The Morgan fingerprint density at radius 2 is 1.92 bits per heavy atom. The monoisotopic (exact) mass is 220 g/mol. The van der Waals surface area contributed by atoms with Crippen molar-refractivity contribution in [3.05, 3.63) is 10.3 Å². The van der Waals surface area contributed by atoms with Crippen LogP contribution in [-0.2, 0) is 21.6 Å². The molecule has 0 aromatic rings. The van der Waals surface area contributed by atoms with E-state index in [-0.39, 0.29) is 0 Å². The highest BCUT2D eigenvalue weighted by Gasteiger charge is 2.19. The van der Waals surface area contributed by atoms with Crippen molar-refractivity contribution in [3.63, 3.8) is 0 Å². The Morgan fingerprint density at radius 1 is 1.31 bits per heavy atom. The van der Waals surface area contributed by atoms with Gasteiger partial charge in [-0.05, 0) is 12.8 Å². The van der Waals surface area contributed by atoms with Crippen molar-refractivity contribution in [1.29, 1.82) is 0 Å². The molecular formula is C9H16O2S2. The fraction of sp³-hybridized carbons (Fsp3) is 0.778. The van der Waals surface area contributed by atoms with Crippen molar-refractivity contribution in [1.82, 2.24) is 0 Å². The first kappa shape index (κ1) is 11.1. The minimum absolute atomic E-state index is 0.694. The summed E-state index contributed by atoms with van der Waals surface area (Å²) in [4.78, 5) is 0. The van der Waals surface area contributed by atoms with Crippen molar-refractivity contribution in [3.8, 4) is 0 Å². The summed E-state index contributed by atoms with van der Waals surface area (Å²) < 4.78 is 23.6. The van der Waals surface area contributed by atoms with Crippen LogP contribution < -0.4 is 0 Å². The third-order valence-electron chi connectivity index (χ3n) is 1.98. The maximum atomic E-state index is 11.4. The highest BCUT2D eigenvalue weighted by Crippen LogP contribution is 2.17. The molecule has 2 atom stereocenters. The van der Waals surface area contributed by atoms with E-state index in [1.54, 1.807) is 0 Å². The Labute approximate surface area is 84.7 Å². The fourth-order valence-electron chi connectivity index (χ4n) is 1.24. The van der Waals surface area contributed by atoms with Crippen LogP contribution in [0.2, 0.25) is 0 Å². The molecule has 4 heteroatoms. The summed E-state index contributed by atoms with van der Waals surface area (Å²) in [5.41, 5.74) is 0. The molecule has 0 radical (unpaired) electrons. The Kier molecular flexibility index (Phi) is 4.88. The molecule has 0 N–H and O–H groups in total. The molecule has 1 rings (SSSR count). The minimum atomic E-state index is -0.951. The van der Waals surface area contributed by atoms with Crippen LogP contribution in [0.15, 0.2) is 10.3 Å². The summed E-state index contributed by atoms with van der Waals surface area (Å²) >= 11 is 0. The standard InChI is InChI=1S/C9H16O2S2/c1-2-3-4-6-9-12(10)7-5-8-13(9)11/h6H,2-5,7-8H2,1H3. The van der Waals surface area contributed by atoms with Crippen molar-refractivity contribution in [2.24, 2.45) is 0 Å². The van der Waals surface area contributed by atoms with Crippen LogP contribution in [0.1, 0.15) is 32.6 Å². The number of rotatable bonds is 3. The first-order valence-electron chi connectivity index (χ1n) is 4.72. The Balaban J connectivity index is 2.57. The van der Waals surface area contributed by atoms with E-state index in [2.05, 4.69) is 6.92 Å². The second-order valence-corrected chi connectivity index (χ2v) is 6.45. The van der Waals surface area contributed by atoms with Gasteiger partial charge in [-0.25, -0.2) is 0 Å². The zero-order valence-electron chi connectivity index (χ0n) is 7.95. The molecular weight excluding hydrogens is 204 g/mol. The smallest absolute Gasteiger partial charge is 0.0988 e. The SMILES string of the molecule is CCCCC=C1S(=O)CCCS1=O. The van der Waals surface area contributed by atoms with E-state index in [0.29, 0.717) is 15.7 Å². The number of hydrogen-bond donors (Lipinski definition) is 0. The molecule has 0 spiro atoms. The largest absolute Gasteiger partial charge is 0.254 e. The van der Waals surface area contributed by atoms with Gasteiger partial charge in [-0.1, -0.05) is 25.8 Å². The quantitative estimate of drug-likeness (QED) is 0.681. The van der Waals surface area contributed by atoms with Crippen LogP contribution in [0.5, 0.6) is 0 Å². The van der Waals surface area contributed by atoms with Crippen molar-refractivity contribution in [2.75, 3.05) is 11.5 Å². The number of allylic oxidation sites excluding steroid dienone is 1. The molecule has 0 aliphatic carbocycles. The van der Waals surface area contributed by atoms with E-state index in [9.17, 15) is 8.42 Å². The van der Waals surface area contributed by atoms with Gasteiger partial charge in [0.25, 0.3) is 0 Å². The van der Waals surface area contributed by atoms with Gasteiger partial charge < -0.3 is 0 Å². The van der Waals surface area contributed by atoms with Gasteiger partial charge >= 0.3 is 0 Å². The van der Waals surface area contributed by atoms with E-state index in [1.807, 2.05) is 6.08 Å². The topological polar surface area (TPSA) is 34.1 Å². The van der Waals surface area contributed by atoms with Crippen LogP contribution in [0.3, 0.4) is 0 Å². The molecule has 2 nitrogen and oxygen atoms in total. The normalized spacial score (nSPS) is 28.8. The third kappa shape index (κ3) is 3.35. The van der Waals surface area contributed by atoms with Crippen molar-refractivity contribution in [2.45, 2.75) is 32.6 Å². The lowest BCUT2D eigenvalue weighted by molar-refractivity contribution is 0.676. The lowest BCUT2D eigenvalue weighted by Crippen LogP contribution is -2.17. The summed E-state index contributed by atoms with van der Waals surface area (Å²) in [6.45, 7) is 2.12. The number of hydrogen-bond acceptors (Lipinski definition) is 2. The van der Waals surface area contributed by atoms with Gasteiger partial charge in [0, 0.05) is 11.5 Å². The Hall–Kier alpha value is 0.0400. The Morgan fingerprint density at radius 3 is 2.46 bits per heavy atom. The molecule has 13 heavy (non-hydrogen) atoms. The fourth-order valence-corrected chi connectivity index (χ4v) is 4.57. The van der Waals surface area contributed by atoms with Gasteiger partial charge in [0.05, 0.1) is 25.8 Å². The first-order chi connectivity index (χ1) is 6.25. The first-order valence-corrected chi connectivity index (χ1v) is 7.36. The highest BCUT2D eigenvalue weighted by atomic mass is 32.2. The van der Waals surface area contributed by atoms with E-state index < -0.39 is 21.6 Å². The maximum absolute atomic E-state index is 11.4. The number of unbranched alkanes of at least 4 members (excludes halogenated alkanes) is 2. The molecule has 0 aromatic carbocycles. The van der Waals surface area contributed by atoms with Gasteiger partial charge in [-0.15, -0.1) is 0 Å². The molecule has 1 aliphatic heterocycles. The molecule has 1 aliphatic rings. The zero-order chi connectivity index (χ0) is 9.68. The average molecular weight is 220 g/mol. The minimum Gasteiger partial charge on any atom is -0.254 e. The molecule has 0 bridgehead atoms. The molecule has 2 unspecified atom stereocenters. The van der Waals surface area contributed by atoms with Crippen LogP contribution in [0, 0.1) is 0 Å². The van der Waals surface area contributed by atoms with E-state index in [1.165, 1.54) is 0 Å². The molecule has 0 aromatic heterocycles. The van der Waals surface area contributed by atoms with E-state index in [4.69, 9.17) is 0 Å². The molecule has 1 heterocycles. The summed E-state index contributed by atoms with van der Waals surface area (Å²) in [7, 11) is -1.90.